The van der Waals surface area contributed by atoms with E-state index in [1.165, 1.54) is 0 Å². The largest absolute Gasteiger partial charge is 0.481 e. The van der Waals surface area contributed by atoms with E-state index in [1.807, 2.05) is 0 Å². The predicted molar refractivity (Wildman–Crippen MR) is 62.1 cm³/mol. The Labute approximate surface area is 106 Å². The van der Waals surface area contributed by atoms with E-state index in [0.717, 1.165) is 19.3 Å². The van der Waals surface area contributed by atoms with Crippen molar-refractivity contribution < 1.29 is 24.2 Å². The zero-order chi connectivity index (χ0) is 13.0. The zero-order valence-corrected chi connectivity index (χ0v) is 10.3. The number of hydrogen-bond donors (Lipinski definition) is 2. The van der Waals surface area contributed by atoms with Gasteiger partial charge in [0.25, 0.3) is 5.91 Å². The van der Waals surface area contributed by atoms with Crippen LogP contribution in [0.2, 0.25) is 0 Å². The molecule has 1 aliphatic carbocycles. The summed E-state index contributed by atoms with van der Waals surface area (Å²) in [6, 6.07) is -0.283. The first kappa shape index (κ1) is 13.3. The van der Waals surface area contributed by atoms with Gasteiger partial charge in [-0.1, -0.05) is 12.8 Å². The molecule has 1 saturated heterocycles. The lowest BCUT2D eigenvalue weighted by Gasteiger charge is -2.31. The van der Waals surface area contributed by atoms with Gasteiger partial charge in [0.1, 0.15) is 0 Å². The third-order valence-electron chi connectivity index (χ3n) is 3.52. The Kier molecular flexibility index (Phi) is 4.54. The van der Waals surface area contributed by atoms with Crippen molar-refractivity contribution in [3.63, 3.8) is 0 Å². The smallest absolute Gasteiger partial charge is 0.308 e. The van der Waals surface area contributed by atoms with E-state index in [0.29, 0.717) is 19.6 Å². The van der Waals surface area contributed by atoms with Gasteiger partial charge in [-0.15, -0.1) is 0 Å². The van der Waals surface area contributed by atoms with Crippen molar-refractivity contribution in [2.24, 2.45) is 5.92 Å². The highest BCUT2D eigenvalue weighted by atomic mass is 16.6. The Morgan fingerprint density at radius 2 is 1.94 bits per heavy atom. The molecule has 0 aromatic carbocycles. The molecule has 3 atom stereocenters. The average molecular weight is 257 g/mol. The van der Waals surface area contributed by atoms with Gasteiger partial charge < -0.3 is 19.9 Å². The highest BCUT2D eigenvalue weighted by Crippen LogP contribution is 2.24. The number of ether oxygens (including phenoxy) is 2. The van der Waals surface area contributed by atoms with Crippen LogP contribution < -0.4 is 5.32 Å². The molecule has 18 heavy (non-hydrogen) atoms. The molecule has 1 saturated carbocycles. The molecule has 102 valence electrons. The number of hydrogen-bond acceptors (Lipinski definition) is 4. The minimum absolute atomic E-state index is 0.246. The van der Waals surface area contributed by atoms with Crippen LogP contribution in [0.1, 0.15) is 25.7 Å². The molecule has 1 heterocycles. The lowest BCUT2D eigenvalue weighted by molar-refractivity contribution is -0.150. The second-order valence-corrected chi connectivity index (χ2v) is 4.78. The molecule has 0 aromatic heterocycles. The summed E-state index contributed by atoms with van der Waals surface area (Å²) in [5.74, 6) is -1.57. The van der Waals surface area contributed by atoms with Gasteiger partial charge in [0.05, 0.1) is 25.7 Å². The number of carboxylic acids is 1. The Bertz CT molecular complexity index is 314. The van der Waals surface area contributed by atoms with Gasteiger partial charge >= 0.3 is 5.97 Å². The standard InChI is InChI=1S/C12H19NO5/c14-11(10-7-17-5-6-18-10)13-9-4-2-1-3-8(9)12(15)16/h8-10H,1-7H2,(H,13,14)(H,15,16). The van der Waals surface area contributed by atoms with Gasteiger partial charge in [0.2, 0.25) is 0 Å². The van der Waals surface area contributed by atoms with Gasteiger partial charge in [0, 0.05) is 6.04 Å². The van der Waals surface area contributed by atoms with Crippen molar-refractivity contribution in [2.45, 2.75) is 37.8 Å². The van der Waals surface area contributed by atoms with Gasteiger partial charge in [-0.05, 0) is 12.8 Å². The average Bonchev–Trinajstić information content (AvgIpc) is 2.40. The highest BCUT2D eigenvalue weighted by molar-refractivity contribution is 5.82. The van der Waals surface area contributed by atoms with E-state index >= 15 is 0 Å². The molecule has 1 amide bonds. The van der Waals surface area contributed by atoms with Crippen LogP contribution in [0, 0.1) is 5.92 Å². The monoisotopic (exact) mass is 257 g/mol. The molecule has 2 aliphatic rings. The van der Waals surface area contributed by atoms with Crippen molar-refractivity contribution in [2.75, 3.05) is 19.8 Å². The molecule has 0 aromatic rings. The van der Waals surface area contributed by atoms with Crippen LogP contribution in [0.4, 0.5) is 0 Å². The number of rotatable bonds is 3. The van der Waals surface area contributed by atoms with Gasteiger partial charge in [0.15, 0.2) is 6.10 Å². The first-order chi connectivity index (χ1) is 8.68. The number of aliphatic carboxylic acids is 1. The lowest BCUT2D eigenvalue weighted by Crippen LogP contribution is -2.51. The van der Waals surface area contributed by atoms with Crippen LogP contribution in [0.3, 0.4) is 0 Å². The van der Waals surface area contributed by atoms with Gasteiger partial charge in [-0.3, -0.25) is 9.59 Å². The van der Waals surface area contributed by atoms with Crippen molar-refractivity contribution >= 4 is 11.9 Å². The fourth-order valence-corrected chi connectivity index (χ4v) is 2.51. The number of carbonyl (C=O) groups excluding carboxylic acids is 1. The third-order valence-corrected chi connectivity index (χ3v) is 3.52. The summed E-state index contributed by atoms with van der Waals surface area (Å²) >= 11 is 0. The predicted octanol–water partition coefficient (Wildman–Crippen LogP) is 0.161. The first-order valence-electron chi connectivity index (χ1n) is 6.41. The Morgan fingerprint density at radius 3 is 2.61 bits per heavy atom. The topological polar surface area (TPSA) is 84.9 Å². The lowest BCUT2D eigenvalue weighted by atomic mass is 9.84. The summed E-state index contributed by atoms with van der Waals surface area (Å²) in [7, 11) is 0. The number of carboxylic acid groups (broad SMARTS) is 1. The highest BCUT2D eigenvalue weighted by Gasteiger charge is 2.34. The Hall–Kier alpha value is -1.14. The van der Waals surface area contributed by atoms with E-state index in [1.54, 1.807) is 0 Å². The molecule has 6 nitrogen and oxygen atoms in total. The quantitative estimate of drug-likeness (QED) is 0.752. The summed E-state index contributed by atoms with van der Waals surface area (Å²) in [4.78, 5) is 23.0. The second kappa shape index (κ2) is 6.15. The second-order valence-electron chi connectivity index (χ2n) is 4.78. The minimum atomic E-state index is -0.833. The van der Waals surface area contributed by atoms with E-state index in [9.17, 15) is 9.59 Å². The maximum Gasteiger partial charge on any atom is 0.308 e. The molecule has 0 radical (unpaired) electrons. The van der Waals surface area contributed by atoms with Crippen LogP contribution in [0.25, 0.3) is 0 Å². The molecular weight excluding hydrogens is 238 g/mol. The summed E-state index contributed by atoms with van der Waals surface area (Å²) in [6.07, 6.45) is 2.61. The molecule has 6 heteroatoms. The zero-order valence-electron chi connectivity index (χ0n) is 10.3. The molecule has 0 bridgehead atoms. The van der Waals surface area contributed by atoms with Crippen LogP contribution in [-0.2, 0) is 19.1 Å². The first-order valence-corrected chi connectivity index (χ1v) is 6.41. The maximum absolute atomic E-state index is 11.9. The summed E-state index contributed by atoms with van der Waals surface area (Å²) in [5, 5.41) is 11.9. The van der Waals surface area contributed by atoms with E-state index < -0.39 is 18.0 Å². The summed E-state index contributed by atoms with van der Waals surface area (Å²) < 4.78 is 10.5. The van der Waals surface area contributed by atoms with Crippen molar-refractivity contribution in [1.82, 2.24) is 5.32 Å². The fourth-order valence-electron chi connectivity index (χ4n) is 2.51. The molecule has 0 spiro atoms. The number of amides is 1. The van der Waals surface area contributed by atoms with Crippen LogP contribution >= 0.6 is 0 Å². The molecular formula is C12H19NO5. The van der Waals surface area contributed by atoms with E-state index in [-0.39, 0.29) is 18.6 Å². The third kappa shape index (κ3) is 3.20. The van der Waals surface area contributed by atoms with Crippen molar-refractivity contribution in [3.8, 4) is 0 Å². The molecule has 2 fully saturated rings. The van der Waals surface area contributed by atoms with E-state index in [4.69, 9.17) is 14.6 Å². The molecule has 3 unspecified atom stereocenters. The summed E-state index contributed by atoms with van der Waals surface area (Å²) in [6.45, 7) is 1.16. The maximum atomic E-state index is 11.9. The normalized spacial score (nSPS) is 32.8. The van der Waals surface area contributed by atoms with Crippen LogP contribution in [0.15, 0.2) is 0 Å². The molecule has 2 rings (SSSR count). The van der Waals surface area contributed by atoms with Gasteiger partial charge in [-0.25, -0.2) is 0 Å². The van der Waals surface area contributed by atoms with Crippen LogP contribution in [0.5, 0.6) is 0 Å². The molecule has 1 aliphatic heterocycles. The minimum Gasteiger partial charge on any atom is -0.481 e. The van der Waals surface area contributed by atoms with Crippen molar-refractivity contribution in [3.05, 3.63) is 0 Å². The summed E-state index contributed by atoms with van der Waals surface area (Å²) in [5.41, 5.74) is 0. The van der Waals surface area contributed by atoms with Crippen molar-refractivity contribution in [1.29, 1.82) is 0 Å². The van der Waals surface area contributed by atoms with Gasteiger partial charge in [-0.2, -0.15) is 0 Å². The SMILES string of the molecule is O=C(NC1CCCCC1C(=O)O)C1COCCO1. The fraction of sp³-hybridized carbons (Fsp3) is 0.833. The molecule has 2 N–H and O–H groups in total. The van der Waals surface area contributed by atoms with Crippen LogP contribution in [-0.4, -0.2) is 48.9 Å². The number of nitrogens with one attached hydrogen (secondary N) is 1. The Morgan fingerprint density at radius 1 is 1.17 bits per heavy atom. The number of carbonyl (C=O) groups is 2. The van der Waals surface area contributed by atoms with E-state index in [2.05, 4.69) is 5.32 Å². The Balaban J connectivity index is 1.89.